The van der Waals surface area contributed by atoms with Crippen LogP contribution in [0.3, 0.4) is 0 Å². The summed E-state index contributed by atoms with van der Waals surface area (Å²) in [6.07, 6.45) is 2.85. The van der Waals surface area contributed by atoms with Crippen LogP contribution in [0.2, 0.25) is 0 Å². The Bertz CT molecular complexity index is 401. The topological polar surface area (TPSA) is 113 Å². The fourth-order valence-corrected chi connectivity index (χ4v) is 0.941. The molecule has 0 aliphatic heterocycles. The maximum Gasteiger partial charge on any atom is 0.272 e. The molecule has 86 valence electrons. The third-order valence-electron chi connectivity index (χ3n) is 1.92. The van der Waals surface area contributed by atoms with E-state index in [-0.39, 0.29) is 11.5 Å². The van der Waals surface area contributed by atoms with E-state index >= 15 is 0 Å². The summed E-state index contributed by atoms with van der Waals surface area (Å²) < 4.78 is 0. The van der Waals surface area contributed by atoms with Crippen LogP contribution in [0.1, 0.15) is 23.1 Å². The number of aryl methyl sites for hydroxylation is 1. The summed E-state index contributed by atoms with van der Waals surface area (Å²) in [6.45, 7) is 3.36. The number of nitrogens with zero attached hydrogens (tertiary/aromatic N) is 3. The van der Waals surface area contributed by atoms with E-state index < -0.39 is 11.9 Å². The van der Waals surface area contributed by atoms with E-state index in [4.69, 9.17) is 10.9 Å². The summed E-state index contributed by atoms with van der Waals surface area (Å²) in [6, 6.07) is -0.569. The molecule has 1 unspecified atom stereocenters. The van der Waals surface area contributed by atoms with Gasteiger partial charge in [-0.3, -0.25) is 9.78 Å². The third-order valence-corrected chi connectivity index (χ3v) is 1.92. The Kier molecular flexibility index (Phi) is 3.76. The molecule has 0 spiro atoms. The van der Waals surface area contributed by atoms with Crippen molar-refractivity contribution in [3.63, 3.8) is 0 Å². The van der Waals surface area contributed by atoms with Crippen LogP contribution in [-0.4, -0.2) is 33.0 Å². The smallest absolute Gasteiger partial charge is 0.272 e. The minimum absolute atomic E-state index is 0.0755. The van der Waals surface area contributed by atoms with Crippen molar-refractivity contribution in [3.05, 3.63) is 23.8 Å². The van der Waals surface area contributed by atoms with Crippen LogP contribution in [0.4, 0.5) is 0 Å². The molecule has 16 heavy (non-hydrogen) atoms. The maximum absolute atomic E-state index is 11.6. The van der Waals surface area contributed by atoms with Crippen molar-refractivity contribution in [2.24, 2.45) is 10.9 Å². The molecule has 7 heteroatoms. The van der Waals surface area contributed by atoms with Crippen LogP contribution in [0.5, 0.6) is 0 Å². The van der Waals surface area contributed by atoms with Crippen molar-refractivity contribution in [1.82, 2.24) is 15.3 Å². The lowest BCUT2D eigenvalue weighted by molar-refractivity contribution is 0.0943. The van der Waals surface area contributed by atoms with Crippen LogP contribution >= 0.6 is 0 Å². The number of oxime groups is 1. The molecule has 1 rings (SSSR count). The molecule has 1 atom stereocenters. The minimum Gasteiger partial charge on any atom is -0.409 e. The Morgan fingerprint density at radius 2 is 2.25 bits per heavy atom. The number of hydrogen-bond donors (Lipinski definition) is 3. The Balaban J connectivity index is 2.69. The number of carbonyl (C=O) groups excluding carboxylic acids is 1. The molecule has 1 aromatic heterocycles. The summed E-state index contributed by atoms with van der Waals surface area (Å²) in [7, 11) is 0. The summed E-state index contributed by atoms with van der Waals surface area (Å²) in [5.41, 5.74) is 6.22. The Labute approximate surface area is 92.4 Å². The first-order chi connectivity index (χ1) is 7.54. The van der Waals surface area contributed by atoms with Crippen molar-refractivity contribution >= 4 is 11.7 Å². The number of nitrogens with two attached hydrogens (primary N) is 1. The lowest BCUT2D eigenvalue weighted by Gasteiger charge is -2.11. The molecule has 0 aliphatic rings. The molecule has 1 amide bonds. The van der Waals surface area contributed by atoms with Gasteiger partial charge in [0.05, 0.1) is 17.9 Å². The molecular weight excluding hydrogens is 210 g/mol. The average Bonchev–Trinajstić information content (AvgIpc) is 2.28. The molecule has 1 aromatic rings. The van der Waals surface area contributed by atoms with E-state index in [0.29, 0.717) is 0 Å². The Morgan fingerprint density at radius 1 is 1.56 bits per heavy atom. The highest BCUT2D eigenvalue weighted by atomic mass is 16.4. The molecule has 4 N–H and O–H groups in total. The Hall–Kier alpha value is -2.18. The van der Waals surface area contributed by atoms with E-state index in [1.54, 1.807) is 13.8 Å². The van der Waals surface area contributed by atoms with Crippen molar-refractivity contribution in [2.75, 3.05) is 0 Å². The van der Waals surface area contributed by atoms with Crippen LogP contribution in [-0.2, 0) is 0 Å². The van der Waals surface area contributed by atoms with E-state index in [9.17, 15) is 4.79 Å². The predicted octanol–water partition coefficient (Wildman–Crippen LogP) is -0.350. The van der Waals surface area contributed by atoms with Gasteiger partial charge in [-0.25, -0.2) is 4.98 Å². The number of aromatic nitrogens is 2. The highest BCUT2D eigenvalue weighted by Gasteiger charge is 2.13. The van der Waals surface area contributed by atoms with Crippen LogP contribution in [0.25, 0.3) is 0 Å². The molecular formula is C9H13N5O2. The van der Waals surface area contributed by atoms with Gasteiger partial charge >= 0.3 is 0 Å². The van der Waals surface area contributed by atoms with Crippen LogP contribution < -0.4 is 11.1 Å². The fourth-order valence-electron chi connectivity index (χ4n) is 0.941. The van der Waals surface area contributed by atoms with Crippen LogP contribution in [0, 0.1) is 6.92 Å². The first-order valence-electron chi connectivity index (χ1n) is 4.61. The minimum atomic E-state index is -0.569. The third kappa shape index (κ3) is 2.91. The van der Waals surface area contributed by atoms with E-state index in [2.05, 4.69) is 20.4 Å². The zero-order chi connectivity index (χ0) is 12.1. The second-order valence-electron chi connectivity index (χ2n) is 3.26. The number of carbonyl (C=O) groups is 1. The lowest BCUT2D eigenvalue weighted by atomic mass is 10.3. The van der Waals surface area contributed by atoms with E-state index in [1.807, 2.05) is 0 Å². The number of nitrogens with one attached hydrogen (secondary N) is 1. The molecule has 0 saturated carbocycles. The van der Waals surface area contributed by atoms with Crippen LogP contribution in [0.15, 0.2) is 17.5 Å². The van der Waals surface area contributed by atoms with Gasteiger partial charge < -0.3 is 16.3 Å². The van der Waals surface area contributed by atoms with Gasteiger partial charge in [-0.15, -0.1) is 0 Å². The van der Waals surface area contributed by atoms with E-state index in [1.165, 1.54) is 12.4 Å². The summed E-state index contributed by atoms with van der Waals surface area (Å²) >= 11 is 0. The van der Waals surface area contributed by atoms with Gasteiger partial charge in [-0.2, -0.15) is 0 Å². The molecule has 0 aliphatic carbocycles. The summed E-state index contributed by atoms with van der Waals surface area (Å²) in [4.78, 5) is 19.4. The van der Waals surface area contributed by atoms with Gasteiger partial charge in [0.25, 0.3) is 5.91 Å². The zero-order valence-corrected chi connectivity index (χ0v) is 9.01. The first-order valence-corrected chi connectivity index (χ1v) is 4.61. The van der Waals surface area contributed by atoms with Gasteiger partial charge in [-0.05, 0) is 13.8 Å². The molecule has 0 aromatic carbocycles. The highest BCUT2D eigenvalue weighted by molar-refractivity contribution is 5.96. The van der Waals surface area contributed by atoms with Gasteiger partial charge in [-0.1, -0.05) is 5.16 Å². The quantitative estimate of drug-likeness (QED) is 0.280. The predicted molar refractivity (Wildman–Crippen MR) is 57.1 cm³/mol. The van der Waals surface area contributed by atoms with Gasteiger partial charge in [0, 0.05) is 6.20 Å². The largest absolute Gasteiger partial charge is 0.409 e. The van der Waals surface area contributed by atoms with Gasteiger partial charge in [0.1, 0.15) is 5.69 Å². The fraction of sp³-hybridized carbons (Fsp3) is 0.333. The molecule has 0 saturated heterocycles. The van der Waals surface area contributed by atoms with Crippen molar-refractivity contribution in [2.45, 2.75) is 19.9 Å². The van der Waals surface area contributed by atoms with Crippen molar-refractivity contribution in [1.29, 1.82) is 0 Å². The summed E-state index contributed by atoms with van der Waals surface area (Å²) in [5.74, 6) is -0.500. The standard InChI is InChI=1S/C9H13N5O2/c1-5-3-12-7(4-11-5)9(15)13-6(2)8(10)14-16/h3-4,6,16H,1-2H3,(H2,10,14)(H,13,15). The molecule has 0 fully saturated rings. The number of rotatable bonds is 3. The number of amides is 1. The highest BCUT2D eigenvalue weighted by Crippen LogP contribution is 1.95. The number of hydrogen-bond acceptors (Lipinski definition) is 5. The first kappa shape index (κ1) is 11.9. The maximum atomic E-state index is 11.6. The Morgan fingerprint density at radius 3 is 2.75 bits per heavy atom. The van der Waals surface area contributed by atoms with Crippen molar-refractivity contribution < 1.29 is 10.0 Å². The van der Waals surface area contributed by atoms with Crippen molar-refractivity contribution in [3.8, 4) is 0 Å². The average molecular weight is 223 g/mol. The molecule has 0 bridgehead atoms. The second kappa shape index (κ2) is 5.06. The zero-order valence-electron chi connectivity index (χ0n) is 9.01. The van der Waals surface area contributed by atoms with Gasteiger partial charge in [0.15, 0.2) is 5.84 Å². The molecule has 1 heterocycles. The molecule has 0 radical (unpaired) electrons. The number of amidine groups is 1. The second-order valence-corrected chi connectivity index (χ2v) is 3.26. The monoisotopic (exact) mass is 223 g/mol. The molecule has 7 nitrogen and oxygen atoms in total. The SMILES string of the molecule is Cc1cnc(C(=O)NC(C)C(N)=NO)cn1. The van der Waals surface area contributed by atoms with E-state index in [0.717, 1.165) is 5.69 Å². The normalized spacial score (nSPS) is 13.2. The van der Waals surface area contributed by atoms with Gasteiger partial charge in [0.2, 0.25) is 0 Å². The lowest BCUT2D eigenvalue weighted by Crippen LogP contribution is -2.42. The summed E-state index contributed by atoms with van der Waals surface area (Å²) in [5, 5.41) is 13.7.